The van der Waals surface area contributed by atoms with E-state index in [1.54, 1.807) is 31.3 Å². The summed E-state index contributed by atoms with van der Waals surface area (Å²) in [7, 11) is 1.70. The van der Waals surface area contributed by atoms with Gasteiger partial charge in [0.25, 0.3) is 0 Å². The molecule has 0 unspecified atom stereocenters. The summed E-state index contributed by atoms with van der Waals surface area (Å²) in [5.41, 5.74) is 2.47. The number of nitrogens with zero attached hydrogens (tertiary/aromatic N) is 2. The molecule has 3 aromatic rings. The van der Waals surface area contributed by atoms with Crippen molar-refractivity contribution in [2.24, 2.45) is 4.99 Å². The largest absolute Gasteiger partial charge is 0.285 e. The van der Waals surface area contributed by atoms with Gasteiger partial charge in [0.1, 0.15) is 5.82 Å². The van der Waals surface area contributed by atoms with Crippen molar-refractivity contribution >= 4 is 46.1 Å². The van der Waals surface area contributed by atoms with Crippen LogP contribution in [0.4, 0.5) is 4.39 Å². The molecule has 0 saturated carbocycles. The molecule has 0 amide bonds. The van der Waals surface area contributed by atoms with Crippen molar-refractivity contribution in [3.05, 3.63) is 67.5 Å². The molecule has 118 valence electrons. The fourth-order valence-corrected chi connectivity index (χ4v) is 3.54. The normalized spacial score (nSPS) is 12.0. The second-order valence-corrected chi connectivity index (χ2v) is 6.75. The van der Waals surface area contributed by atoms with Gasteiger partial charge in [-0.15, -0.1) is 11.3 Å². The van der Waals surface area contributed by atoms with Crippen LogP contribution < -0.4 is 4.80 Å². The predicted octanol–water partition coefficient (Wildman–Crippen LogP) is 5.84. The first kappa shape index (κ1) is 16.5. The molecule has 7 heteroatoms. The zero-order chi connectivity index (χ0) is 16.6. The lowest BCUT2D eigenvalue weighted by Crippen LogP contribution is -2.13. The lowest BCUT2D eigenvalue weighted by Gasteiger charge is -2.10. The van der Waals surface area contributed by atoms with Gasteiger partial charge in [-0.1, -0.05) is 40.9 Å². The summed E-state index contributed by atoms with van der Waals surface area (Å²) in [6.07, 6.45) is 0. The third kappa shape index (κ3) is 3.17. The van der Waals surface area contributed by atoms with E-state index in [0.29, 0.717) is 10.0 Å². The number of rotatable bonds is 2. The van der Waals surface area contributed by atoms with E-state index >= 15 is 0 Å². The second kappa shape index (κ2) is 6.65. The highest BCUT2D eigenvalue weighted by Gasteiger charge is 2.12. The average molecular weight is 388 g/mol. The van der Waals surface area contributed by atoms with Gasteiger partial charge >= 0.3 is 0 Å². The van der Waals surface area contributed by atoms with Gasteiger partial charge in [-0.05, 0) is 30.3 Å². The lowest BCUT2D eigenvalue weighted by atomic mass is 10.1. The highest BCUT2D eigenvalue weighted by Crippen LogP contribution is 2.30. The quantitative estimate of drug-likeness (QED) is 0.526. The van der Waals surface area contributed by atoms with Crippen LogP contribution in [-0.4, -0.2) is 11.6 Å². The van der Waals surface area contributed by atoms with Gasteiger partial charge in [0, 0.05) is 18.0 Å². The molecule has 0 aliphatic heterocycles. The van der Waals surface area contributed by atoms with Gasteiger partial charge in [-0.2, -0.15) is 0 Å². The molecule has 2 aromatic carbocycles. The average Bonchev–Trinajstić information content (AvgIpc) is 2.96. The zero-order valence-electron chi connectivity index (χ0n) is 11.9. The van der Waals surface area contributed by atoms with Crippen LogP contribution in [0.2, 0.25) is 15.1 Å². The monoisotopic (exact) mass is 386 g/mol. The van der Waals surface area contributed by atoms with Crippen molar-refractivity contribution < 1.29 is 4.39 Å². The number of halogens is 4. The van der Waals surface area contributed by atoms with Crippen LogP contribution >= 0.6 is 46.1 Å². The van der Waals surface area contributed by atoms with Gasteiger partial charge in [-0.25, -0.2) is 4.39 Å². The Balaban J connectivity index is 2.25. The Bertz CT molecular complexity index is 947. The Labute approximate surface area is 151 Å². The molecule has 1 aromatic heterocycles. The maximum Gasteiger partial charge on any atom is 0.189 e. The van der Waals surface area contributed by atoms with Crippen LogP contribution in [0.5, 0.6) is 0 Å². The first-order valence-corrected chi connectivity index (χ1v) is 8.57. The standard InChI is InChI=1S/C16H10Cl3FN2S/c1-21-16-22(10-3-5-14(20)13(19)7-10)15(8-23-16)9-2-4-11(17)12(18)6-9/h2-8H,1H3. The Morgan fingerprint density at radius 2 is 1.78 bits per heavy atom. The number of hydrogen-bond donors (Lipinski definition) is 0. The first-order valence-electron chi connectivity index (χ1n) is 6.55. The summed E-state index contributed by atoms with van der Waals surface area (Å²) >= 11 is 19.5. The van der Waals surface area contributed by atoms with Gasteiger partial charge in [-0.3, -0.25) is 9.56 Å². The van der Waals surface area contributed by atoms with E-state index in [-0.39, 0.29) is 5.02 Å². The van der Waals surface area contributed by atoms with Crippen LogP contribution in [0, 0.1) is 5.82 Å². The number of thiazole rings is 1. The van der Waals surface area contributed by atoms with Gasteiger partial charge in [0.2, 0.25) is 0 Å². The minimum absolute atomic E-state index is 0.0586. The van der Waals surface area contributed by atoms with Gasteiger partial charge < -0.3 is 0 Å². The summed E-state index contributed by atoms with van der Waals surface area (Å²) in [5, 5.41) is 2.97. The molecular weight excluding hydrogens is 378 g/mol. The molecular formula is C16H10Cl3FN2S. The fourth-order valence-electron chi connectivity index (χ4n) is 2.20. The van der Waals surface area contributed by atoms with E-state index in [2.05, 4.69) is 4.99 Å². The third-order valence-electron chi connectivity index (χ3n) is 3.28. The summed E-state index contributed by atoms with van der Waals surface area (Å²) in [4.78, 5) is 5.03. The molecule has 0 atom stereocenters. The molecule has 1 heterocycles. The molecule has 0 saturated heterocycles. The van der Waals surface area contributed by atoms with Crippen molar-refractivity contribution in [2.45, 2.75) is 0 Å². The fraction of sp³-hybridized carbons (Fsp3) is 0.0625. The van der Waals surface area contributed by atoms with Crippen molar-refractivity contribution in [3.8, 4) is 16.9 Å². The molecule has 0 fully saturated rings. The summed E-state index contributed by atoms with van der Waals surface area (Å²) in [6, 6.07) is 9.95. The minimum Gasteiger partial charge on any atom is -0.285 e. The van der Waals surface area contributed by atoms with E-state index in [4.69, 9.17) is 34.8 Å². The molecule has 0 aliphatic rings. The SMILES string of the molecule is CN=c1scc(-c2ccc(Cl)c(Cl)c2)n1-c1ccc(F)c(Cl)c1. The number of aromatic nitrogens is 1. The Morgan fingerprint density at radius 3 is 2.43 bits per heavy atom. The number of hydrogen-bond acceptors (Lipinski definition) is 2. The summed E-state index contributed by atoms with van der Waals surface area (Å²) in [6.45, 7) is 0. The van der Waals surface area contributed by atoms with Crippen LogP contribution in [0.25, 0.3) is 16.9 Å². The van der Waals surface area contributed by atoms with E-state index < -0.39 is 5.82 Å². The molecule has 3 rings (SSSR count). The molecule has 0 N–H and O–H groups in total. The van der Waals surface area contributed by atoms with Crippen LogP contribution in [0.1, 0.15) is 0 Å². The summed E-state index contributed by atoms with van der Waals surface area (Å²) < 4.78 is 15.3. The Morgan fingerprint density at radius 1 is 1.00 bits per heavy atom. The van der Waals surface area contributed by atoms with E-state index in [9.17, 15) is 4.39 Å². The number of benzene rings is 2. The summed E-state index contributed by atoms with van der Waals surface area (Å²) in [5.74, 6) is -0.461. The molecule has 0 bridgehead atoms. The first-order chi connectivity index (χ1) is 11.0. The molecule has 0 aliphatic carbocycles. The maximum atomic E-state index is 13.4. The van der Waals surface area contributed by atoms with Crippen LogP contribution in [0.15, 0.2) is 46.8 Å². The molecule has 23 heavy (non-hydrogen) atoms. The molecule has 0 radical (unpaired) electrons. The van der Waals surface area contributed by atoms with E-state index in [0.717, 1.165) is 21.7 Å². The second-order valence-electron chi connectivity index (χ2n) is 4.69. The molecule has 0 spiro atoms. The van der Waals surface area contributed by atoms with Crippen molar-refractivity contribution in [1.82, 2.24) is 4.57 Å². The van der Waals surface area contributed by atoms with Gasteiger partial charge in [0.05, 0.1) is 26.4 Å². The smallest absolute Gasteiger partial charge is 0.189 e. The van der Waals surface area contributed by atoms with Crippen LogP contribution in [-0.2, 0) is 0 Å². The van der Waals surface area contributed by atoms with Gasteiger partial charge in [0.15, 0.2) is 4.80 Å². The minimum atomic E-state index is -0.461. The highest BCUT2D eigenvalue weighted by atomic mass is 35.5. The Hall–Kier alpha value is -1.33. The van der Waals surface area contributed by atoms with Crippen LogP contribution in [0.3, 0.4) is 0 Å². The van der Waals surface area contributed by atoms with E-state index in [1.165, 1.54) is 17.4 Å². The van der Waals surface area contributed by atoms with Crippen molar-refractivity contribution in [3.63, 3.8) is 0 Å². The van der Waals surface area contributed by atoms with Crippen molar-refractivity contribution in [2.75, 3.05) is 7.05 Å². The van der Waals surface area contributed by atoms with E-state index in [1.807, 2.05) is 16.0 Å². The maximum absolute atomic E-state index is 13.4. The lowest BCUT2D eigenvalue weighted by molar-refractivity contribution is 0.628. The predicted molar refractivity (Wildman–Crippen MR) is 95.6 cm³/mol. The zero-order valence-corrected chi connectivity index (χ0v) is 14.9. The Kier molecular flexibility index (Phi) is 4.78. The highest BCUT2D eigenvalue weighted by molar-refractivity contribution is 7.07. The molecule has 2 nitrogen and oxygen atoms in total. The topological polar surface area (TPSA) is 17.3 Å². The third-order valence-corrected chi connectivity index (χ3v) is 5.22. The van der Waals surface area contributed by atoms with Crippen molar-refractivity contribution in [1.29, 1.82) is 0 Å².